The van der Waals surface area contributed by atoms with Gasteiger partial charge in [0.2, 0.25) is 0 Å². The summed E-state index contributed by atoms with van der Waals surface area (Å²) in [4.78, 5) is 0. The van der Waals surface area contributed by atoms with Crippen LogP contribution in [0.25, 0.3) is 22.3 Å². The second-order valence-corrected chi connectivity index (χ2v) is 6.55. The van der Waals surface area contributed by atoms with Gasteiger partial charge in [0, 0.05) is 5.69 Å². The van der Waals surface area contributed by atoms with Crippen molar-refractivity contribution in [2.45, 2.75) is 26.7 Å². The van der Waals surface area contributed by atoms with Crippen LogP contribution in [0.2, 0.25) is 0 Å². The molecule has 0 aliphatic carbocycles. The number of benzene rings is 3. The fourth-order valence-corrected chi connectivity index (χ4v) is 2.95. The molecular weight excluding hydrogens is 334 g/mol. The average molecular weight is 361 g/mol. The normalized spacial score (nSPS) is 10.6. The van der Waals surface area contributed by atoms with Crippen LogP contribution in [0.3, 0.4) is 0 Å². The van der Waals surface area contributed by atoms with Gasteiger partial charge in [-0.2, -0.15) is 0 Å². The monoisotopic (exact) mass is 361 g/mol. The smallest absolute Gasteiger partial charge is 0.119 e. The van der Waals surface area contributed by atoms with Crippen LogP contribution >= 0.6 is 0 Å². The molecule has 0 fully saturated rings. The highest BCUT2D eigenvalue weighted by Crippen LogP contribution is 2.35. The minimum Gasteiger partial charge on any atom is -0.494 e. The molecule has 27 heavy (non-hydrogen) atoms. The second kappa shape index (κ2) is 9.13. The Bertz CT molecular complexity index is 855. The topological polar surface area (TPSA) is 44.5 Å². The lowest BCUT2D eigenvalue weighted by Gasteiger charge is -2.13. The first-order valence-electron chi connectivity index (χ1n) is 9.57. The van der Waals surface area contributed by atoms with Crippen molar-refractivity contribution in [1.82, 2.24) is 0 Å². The fourth-order valence-electron chi connectivity index (χ4n) is 2.95. The summed E-state index contributed by atoms with van der Waals surface area (Å²) in [5.41, 5.74) is 11.3. The molecule has 2 N–H and O–H groups in total. The summed E-state index contributed by atoms with van der Waals surface area (Å²) in [7, 11) is 0. The van der Waals surface area contributed by atoms with Crippen molar-refractivity contribution in [2.75, 3.05) is 18.9 Å². The number of anilines is 1. The van der Waals surface area contributed by atoms with E-state index in [-0.39, 0.29) is 0 Å². The van der Waals surface area contributed by atoms with Crippen molar-refractivity contribution >= 4 is 5.69 Å². The SMILES string of the molecule is CCCOc1ccc(-c2ccc(N)cc2-c2ccc(OCCC)cc2)cc1. The summed E-state index contributed by atoms with van der Waals surface area (Å²) in [5, 5.41) is 0. The molecule has 0 aliphatic heterocycles. The highest BCUT2D eigenvalue weighted by molar-refractivity contribution is 5.85. The van der Waals surface area contributed by atoms with Gasteiger partial charge in [0.15, 0.2) is 0 Å². The van der Waals surface area contributed by atoms with Crippen LogP contribution < -0.4 is 15.2 Å². The van der Waals surface area contributed by atoms with Crippen molar-refractivity contribution in [3.05, 3.63) is 66.7 Å². The predicted molar refractivity (Wildman–Crippen MR) is 113 cm³/mol. The third-order valence-corrected chi connectivity index (χ3v) is 4.32. The number of nitrogen functional groups attached to an aromatic ring is 1. The number of hydrogen-bond donors (Lipinski definition) is 1. The van der Waals surface area contributed by atoms with Gasteiger partial charge in [0.25, 0.3) is 0 Å². The summed E-state index contributed by atoms with van der Waals surface area (Å²) in [6.07, 6.45) is 2.00. The molecule has 0 spiro atoms. The minimum absolute atomic E-state index is 0.731. The van der Waals surface area contributed by atoms with Crippen molar-refractivity contribution in [1.29, 1.82) is 0 Å². The molecule has 0 amide bonds. The molecule has 3 heteroatoms. The number of nitrogens with two attached hydrogens (primary N) is 1. The Morgan fingerprint density at radius 2 is 1.11 bits per heavy atom. The second-order valence-electron chi connectivity index (χ2n) is 6.55. The van der Waals surface area contributed by atoms with Crippen molar-refractivity contribution in [2.24, 2.45) is 0 Å². The van der Waals surface area contributed by atoms with Crippen LogP contribution in [-0.4, -0.2) is 13.2 Å². The zero-order valence-electron chi connectivity index (χ0n) is 16.1. The van der Waals surface area contributed by atoms with E-state index in [0.717, 1.165) is 65.5 Å². The fraction of sp³-hybridized carbons (Fsp3) is 0.250. The molecule has 0 radical (unpaired) electrons. The Balaban J connectivity index is 1.91. The van der Waals surface area contributed by atoms with Crippen LogP contribution in [0.5, 0.6) is 11.5 Å². The molecule has 0 unspecified atom stereocenters. The van der Waals surface area contributed by atoms with Gasteiger partial charge in [-0.15, -0.1) is 0 Å². The number of ether oxygens (including phenoxy) is 2. The minimum atomic E-state index is 0.731. The van der Waals surface area contributed by atoms with Gasteiger partial charge in [-0.05, 0) is 71.5 Å². The lowest BCUT2D eigenvalue weighted by atomic mass is 9.94. The van der Waals surface area contributed by atoms with Gasteiger partial charge >= 0.3 is 0 Å². The van der Waals surface area contributed by atoms with Crippen LogP contribution in [0.4, 0.5) is 5.69 Å². The van der Waals surface area contributed by atoms with Crippen molar-refractivity contribution in [3.63, 3.8) is 0 Å². The quantitative estimate of drug-likeness (QED) is 0.487. The van der Waals surface area contributed by atoms with E-state index < -0.39 is 0 Å². The van der Waals surface area contributed by atoms with Crippen LogP contribution in [0, 0.1) is 0 Å². The molecule has 0 heterocycles. The molecule has 0 bridgehead atoms. The maximum Gasteiger partial charge on any atom is 0.119 e. The van der Waals surface area contributed by atoms with E-state index in [2.05, 4.69) is 44.2 Å². The summed E-state index contributed by atoms with van der Waals surface area (Å²) in [6, 6.07) is 22.5. The van der Waals surface area contributed by atoms with Gasteiger partial charge in [-0.1, -0.05) is 44.2 Å². The molecule has 0 atom stereocenters. The first-order chi connectivity index (χ1) is 13.2. The molecule has 0 aromatic heterocycles. The zero-order chi connectivity index (χ0) is 19.1. The van der Waals surface area contributed by atoms with E-state index in [4.69, 9.17) is 15.2 Å². The highest BCUT2D eigenvalue weighted by atomic mass is 16.5. The van der Waals surface area contributed by atoms with E-state index in [1.165, 1.54) is 0 Å². The van der Waals surface area contributed by atoms with Gasteiger partial charge in [-0.3, -0.25) is 0 Å². The molecule has 140 valence electrons. The van der Waals surface area contributed by atoms with Gasteiger partial charge in [-0.25, -0.2) is 0 Å². The highest BCUT2D eigenvalue weighted by Gasteiger charge is 2.09. The molecule has 3 nitrogen and oxygen atoms in total. The Morgan fingerprint density at radius 1 is 0.630 bits per heavy atom. The third-order valence-electron chi connectivity index (χ3n) is 4.32. The maximum absolute atomic E-state index is 6.07. The van der Waals surface area contributed by atoms with Gasteiger partial charge in [0.05, 0.1) is 13.2 Å². The molecule has 3 aromatic carbocycles. The summed E-state index contributed by atoms with van der Waals surface area (Å²) >= 11 is 0. The number of rotatable bonds is 8. The molecule has 3 aromatic rings. The van der Waals surface area contributed by atoms with E-state index in [1.54, 1.807) is 0 Å². The number of hydrogen-bond acceptors (Lipinski definition) is 3. The van der Waals surface area contributed by atoms with E-state index >= 15 is 0 Å². The maximum atomic E-state index is 6.07. The molecule has 0 saturated heterocycles. The van der Waals surface area contributed by atoms with Crippen LogP contribution in [-0.2, 0) is 0 Å². The van der Waals surface area contributed by atoms with Crippen LogP contribution in [0.1, 0.15) is 26.7 Å². The molecule has 0 aliphatic rings. The van der Waals surface area contributed by atoms with Crippen LogP contribution in [0.15, 0.2) is 66.7 Å². The lowest BCUT2D eigenvalue weighted by molar-refractivity contribution is 0.317. The van der Waals surface area contributed by atoms with Crippen molar-refractivity contribution in [3.8, 4) is 33.8 Å². The third kappa shape index (κ3) is 4.82. The lowest BCUT2D eigenvalue weighted by Crippen LogP contribution is -1.95. The van der Waals surface area contributed by atoms with E-state index in [0.29, 0.717) is 0 Å². The Labute approximate surface area is 161 Å². The summed E-state index contributed by atoms with van der Waals surface area (Å²) in [5.74, 6) is 1.79. The molecule has 0 saturated carbocycles. The Morgan fingerprint density at radius 3 is 1.59 bits per heavy atom. The average Bonchev–Trinajstić information content (AvgIpc) is 2.71. The first-order valence-corrected chi connectivity index (χ1v) is 9.57. The predicted octanol–water partition coefficient (Wildman–Crippen LogP) is 6.18. The zero-order valence-corrected chi connectivity index (χ0v) is 16.1. The van der Waals surface area contributed by atoms with Crippen molar-refractivity contribution < 1.29 is 9.47 Å². The summed E-state index contributed by atoms with van der Waals surface area (Å²) in [6.45, 7) is 5.67. The summed E-state index contributed by atoms with van der Waals surface area (Å²) < 4.78 is 11.4. The van der Waals surface area contributed by atoms with E-state index in [9.17, 15) is 0 Å². The standard InChI is InChI=1S/C24H27NO2/c1-3-15-26-21-10-5-18(6-11-21)23-14-9-20(25)17-24(23)19-7-12-22(13-8-19)27-16-4-2/h5-14,17H,3-4,15-16,25H2,1-2H3. The largest absolute Gasteiger partial charge is 0.494 e. The molecular formula is C24H27NO2. The Hall–Kier alpha value is -2.94. The van der Waals surface area contributed by atoms with Gasteiger partial charge in [0.1, 0.15) is 11.5 Å². The first kappa shape index (κ1) is 18.8. The molecule has 3 rings (SSSR count). The van der Waals surface area contributed by atoms with Gasteiger partial charge < -0.3 is 15.2 Å². The van der Waals surface area contributed by atoms with E-state index in [1.807, 2.05) is 36.4 Å². The Kier molecular flexibility index (Phi) is 6.37.